The predicted octanol–water partition coefficient (Wildman–Crippen LogP) is 3.30. The van der Waals surface area contributed by atoms with Crippen LogP contribution in [0.5, 0.6) is 0 Å². The van der Waals surface area contributed by atoms with Crippen LogP contribution in [0.2, 0.25) is 0 Å². The molecule has 0 N–H and O–H groups in total. The summed E-state index contributed by atoms with van der Waals surface area (Å²) in [5.41, 5.74) is 0.631. The van der Waals surface area contributed by atoms with Gasteiger partial charge in [-0.3, -0.25) is 4.79 Å². The van der Waals surface area contributed by atoms with E-state index in [-0.39, 0.29) is 11.4 Å². The molecule has 0 unspecified atom stereocenters. The smallest absolute Gasteiger partial charge is 0.275 e. The van der Waals surface area contributed by atoms with Crippen molar-refractivity contribution in [3.8, 4) is 0 Å². The Bertz CT molecular complexity index is 539. The first-order valence-electron chi connectivity index (χ1n) is 7.65. The van der Waals surface area contributed by atoms with Crippen LogP contribution in [-0.2, 0) is 0 Å². The minimum atomic E-state index is 0.0271. The summed E-state index contributed by atoms with van der Waals surface area (Å²) in [5.74, 6) is 0.112. The Morgan fingerprint density at radius 3 is 2.62 bits per heavy atom. The van der Waals surface area contributed by atoms with Gasteiger partial charge in [0.2, 0.25) is 0 Å². The fraction of sp³-hybridized carbons (Fsp3) is 0.733. The van der Waals surface area contributed by atoms with E-state index in [4.69, 9.17) is 0 Å². The van der Waals surface area contributed by atoms with Crippen LogP contribution in [0.15, 0.2) is 3.79 Å². The predicted molar refractivity (Wildman–Crippen MR) is 88.9 cm³/mol. The van der Waals surface area contributed by atoms with Gasteiger partial charge in [0.25, 0.3) is 5.91 Å². The number of halogens is 1. The van der Waals surface area contributed by atoms with E-state index in [1.807, 2.05) is 6.92 Å². The van der Waals surface area contributed by atoms with Gasteiger partial charge in [-0.2, -0.15) is 0 Å². The van der Waals surface area contributed by atoms with Crippen molar-refractivity contribution in [1.82, 2.24) is 14.8 Å². The maximum atomic E-state index is 13.0. The van der Waals surface area contributed by atoms with Gasteiger partial charge in [0.1, 0.15) is 3.79 Å². The number of likely N-dealkylation sites (N-methyl/N-ethyl adjacent to an activating group) is 1. The molecule has 1 spiro atoms. The number of rotatable bonds is 1. The average molecular weight is 372 g/mol. The number of carbonyl (C=O) groups excluding carboxylic acids is 1. The highest BCUT2D eigenvalue weighted by Crippen LogP contribution is 2.38. The van der Waals surface area contributed by atoms with Gasteiger partial charge in [-0.1, -0.05) is 19.3 Å². The normalized spacial score (nSPS) is 22.7. The zero-order chi connectivity index (χ0) is 15.0. The molecule has 21 heavy (non-hydrogen) atoms. The van der Waals surface area contributed by atoms with Crippen molar-refractivity contribution in [1.29, 1.82) is 0 Å². The highest BCUT2D eigenvalue weighted by molar-refractivity contribution is 9.11. The standard InChI is InChI=1S/C15H22BrN3OS/c1-11-17-12(13(16)21-11)14(20)19-9-8-18(2)10-15(19)6-4-3-5-7-15/h3-10H2,1-2H3. The Morgan fingerprint density at radius 2 is 2.00 bits per heavy atom. The van der Waals surface area contributed by atoms with E-state index in [9.17, 15) is 4.79 Å². The maximum absolute atomic E-state index is 13.0. The molecule has 1 saturated heterocycles. The van der Waals surface area contributed by atoms with Crippen molar-refractivity contribution < 1.29 is 4.79 Å². The molecule has 0 aromatic carbocycles. The van der Waals surface area contributed by atoms with Gasteiger partial charge in [0.15, 0.2) is 5.69 Å². The van der Waals surface area contributed by atoms with E-state index in [1.54, 1.807) is 11.3 Å². The van der Waals surface area contributed by atoms with E-state index in [2.05, 4.69) is 37.8 Å². The summed E-state index contributed by atoms with van der Waals surface area (Å²) in [7, 11) is 2.17. The van der Waals surface area contributed by atoms with Crippen LogP contribution in [0.25, 0.3) is 0 Å². The molecule has 116 valence electrons. The zero-order valence-corrected chi connectivity index (χ0v) is 15.1. The number of piperazine rings is 1. The summed E-state index contributed by atoms with van der Waals surface area (Å²) in [6.07, 6.45) is 6.02. The molecule has 0 atom stereocenters. The third-order valence-electron chi connectivity index (χ3n) is 4.77. The Morgan fingerprint density at radius 1 is 1.29 bits per heavy atom. The largest absolute Gasteiger partial charge is 0.329 e. The first-order chi connectivity index (χ1) is 10.0. The molecule has 1 aromatic heterocycles. The van der Waals surface area contributed by atoms with E-state index in [0.29, 0.717) is 5.69 Å². The fourth-order valence-electron chi connectivity index (χ4n) is 3.79. The van der Waals surface area contributed by atoms with Gasteiger partial charge in [-0.15, -0.1) is 11.3 Å². The van der Waals surface area contributed by atoms with E-state index >= 15 is 0 Å². The Labute approximate surface area is 138 Å². The highest BCUT2D eigenvalue weighted by Gasteiger charge is 2.44. The lowest BCUT2D eigenvalue weighted by Gasteiger charge is -2.52. The molecule has 1 saturated carbocycles. The minimum absolute atomic E-state index is 0.0271. The van der Waals surface area contributed by atoms with Crippen LogP contribution in [0, 0.1) is 6.92 Å². The average Bonchev–Trinajstić information content (AvgIpc) is 2.78. The number of nitrogens with zero attached hydrogens (tertiary/aromatic N) is 3. The second kappa shape index (κ2) is 5.97. The summed E-state index contributed by atoms with van der Waals surface area (Å²) in [4.78, 5) is 22.0. The third kappa shape index (κ3) is 2.90. The van der Waals surface area contributed by atoms with Gasteiger partial charge in [0, 0.05) is 19.6 Å². The lowest BCUT2D eigenvalue weighted by Crippen LogP contribution is -2.63. The molecule has 0 bridgehead atoms. The molecule has 1 aliphatic carbocycles. The van der Waals surface area contributed by atoms with Crippen LogP contribution >= 0.6 is 27.3 Å². The number of carbonyl (C=O) groups is 1. The first kappa shape index (κ1) is 15.4. The first-order valence-corrected chi connectivity index (χ1v) is 9.26. The van der Waals surface area contributed by atoms with Crippen molar-refractivity contribution in [2.75, 3.05) is 26.7 Å². The van der Waals surface area contributed by atoms with Crippen LogP contribution in [0.1, 0.15) is 47.6 Å². The van der Waals surface area contributed by atoms with Gasteiger partial charge in [-0.05, 0) is 42.7 Å². The molecular formula is C15H22BrN3OS. The lowest BCUT2D eigenvalue weighted by molar-refractivity contribution is -0.00818. The van der Waals surface area contributed by atoms with E-state index in [1.165, 1.54) is 19.3 Å². The Kier molecular flexibility index (Phi) is 4.39. The van der Waals surface area contributed by atoms with Crippen LogP contribution in [-0.4, -0.2) is 52.9 Å². The summed E-state index contributed by atoms with van der Waals surface area (Å²) >= 11 is 5.05. The van der Waals surface area contributed by atoms with Crippen molar-refractivity contribution in [2.24, 2.45) is 0 Å². The number of thiazole rings is 1. The second-order valence-electron chi connectivity index (χ2n) is 6.33. The molecule has 2 fully saturated rings. The monoisotopic (exact) mass is 371 g/mol. The molecule has 3 rings (SSSR count). The zero-order valence-electron chi connectivity index (χ0n) is 12.7. The molecule has 1 aromatic rings. The fourth-order valence-corrected chi connectivity index (χ4v) is 5.38. The van der Waals surface area contributed by atoms with Crippen molar-refractivity contribution in [3.05, 3.63) is 14.5 Å². The molecular weight excluding hydrogens is 350 g/mol. The van der Waals surface area contributed by atoms with E-state index in [0.717, 1.165) is 41.3 Å². The quantitative estimate of drug-likeness (QED) is 0.759. The number of hydrogen-bond acceptors (Lipinski definition) is 4. The molecule has 1 aliphatic heterocycles. The summed E-state index contributed by atoms with van der Waals surface area (Å²) in [6.45, 7) is 4.72. The van der Waals surface area contributed by atoms with Gasteiger partial charge >= 0.3 is 0 Å². The molecule has 0 radical (unpaired) electrons. The van der Waals surface area contributed by atoms with Crippen LogP contribution in [0.3, 0.4) is 0 Å². The van der Waals surface area contributed by atoms with Gasteiger partial charge in [-0.25, -0.2) is 4.98 Å². The highest BCUT2D eigenvalue weighted by atomic mass is 79.9. The number of amides is 1. The van der Waals surface area contributed by atoms with Crippen LogP contribution in [0.4, 0.5) is 0 Å². The summed E-state index contributed by atoms with van der Waals surface area (Å²) in [6, 6.07) is 0. The molecule has 2 aliphatic rings. The topological polar surface area (TPSA) is 36.4 Å². The summed E-state index contributed by atoms with van der Waals surface area (Å²) < 4.78 is 0.870. The second-order valence-corrected chi connectivity index (χ2v) is 8.86. The molecule has 6 heteroatoms. The Balaban J connectivity index is 1.91. The van der Waals surface area contributed by atoms with Gasteiger partial charge < -0.3 is 9.80 Å². The number of aryl methyl sites for hydroxylation is 1. The third-order valence-corrected chi connectivity index (χ3v) is 6.39. The van der Waals surface area contributed by atoms with Crippen LogP contribution < -0.4 is 0 Å². The summed E-state index contributed by atoms with van der Waals surface area (Å²) in [5, 5.41) is 0.942. The van der Waals surface area contributed by atoms with Crippen molar-refractivity contribution >= 4 is 33.2 Å². The number of aromatic nitrogens is 1. The molecule has 4 nitrogen and oxygen atoms in total. The minimum Gasteiger partial charge on any atom is -0.329 e. The van der Waals surface area contributed by atoms with Crippen molar-refractivity contribution in [2.45, 2.75) is 44.6 Å². The van der Waals surface area contributed by atoms with Gasteiger partial charge in [0.05, 0.1) is 10.5 Å². The van der Waals surface area contributed by atoms with E-state index < -0.39 is 0 Å². The maximum Gasteiger partial charge on any atom is 0.275 e. The Hall–Kier alpha value is -0.460. The number of hydrogen-bond donors (Lipinski definition) is 0. The molecule has 1 amide bonds. The lowest BCUT2D eigenvalue weighted by atomic mass is 9.78. The molecule has 2 heterocycles. The van der Waals surface area contributed by atoms with Crippen molar-refractivity contribution in [3.63, 3.8) is 0 Å². The SMILES string of the molecule is Cc1nc(C(=O)N2CCN(C)CC23CCCCC3)c(Br)s1.